The highest BCUT2D eigenvalue weighted by Gasteiger charge is 2.58. The van der Waals surface area contributed by atoms with Gasteiger partial charge in [-0.1, -0.05) is 0 Å². The van der Waals surface area contributed by atoms with Crippen molar-refractivity contribution in [3.8, 4) is 0 Å². The molecule has 0 spiro atoms. The number of nitrogens with zero attached hydrogens (tertiary/aromatic N) is 2. The van der Waals surface area contributed by atoms with Crippen LogP contribution < -0.4 is 0 Å². The average Bonchev–Trinajstić information content (AvgIpc) is 2.93. The number of halogens is 4. The van der Waals surface area contributed by atoms with E-state index in [1.165, 1.54) is 0 Å². The monoisotopic (exact) mass is 350 g/mol. The minimum Gasteiger partial charge on any atom is -0.447 e. The lowest BCUT2D eigenvalue weighted by atomic mass is 10.2. The van der Waals surface area contributed by atoms with Crippen molar-refractivity contribution in [2.75, 3.05) is 19.8 Å². The summed E-state index contributed by atoms with van der Waals surface area (Å²) in [5.74, 6) is -2.35. The van der Waals surface area contributed by atoms with E-state index >= 15 is 0 Å². The maximum atomic E-state index is 12.5. The number of Topliss-reactive ketones (excluding diaryl/α,β-unsaturated/α-hetero) is 1. The fourth-order valence-corrected chi connectivity index (χ4v) is 4.30. The summed E-state index contributed by atoms with van der Waals surface area (Å²) in [4.78, 5) is 34.0. The van der Waals surface area contributed by atoms with Gasteiger partial charge in [-0.2, -0.15) is 13.2 Å². The third-order valence-corrected chi connectivity index (χ3v) is 5.70. The van der Waals surface area contributed by atoms with Crippen LogP contribution in [0.3, 0.4) is 0 Å². The summed E-state index contributed by atoms with van der Waals surface area (Å²) in [5.41, 5.74) is 0. The van der Waals surface area contributed by atoms with Gasteiger partial charge in [0.1, 0.15) is 19.3 Å². The minimum absolute atomic E-state index is 0.0447. The molecule has 2 aliphatic heterocycles. The van der Waals surface area contributed by atoms with Crippen LogP contribution >= 0.6 is 18.0 Å². The molecular formula is C8H7ClF3N2O6P. The number of hydrogen-bond donors (Lipinski definition) is 0. The standard InChI is InChI=1S/C8H7ClF3N2O6P/c9-21(18,13-1-2-19-6(13)16)14-4(3-20-7(14)17)5(15)8(10,11)12/h4H,1-3H2. The zero-order valence-corrected chi connectivity index (χ0v) is 11.7. The van der Waals surface area contributed by atoms with Crippen LogP contribution in [-0.4, -0.2) is 59.3 Å². The molecular weight excluding hydrogens is 344 g/mol. The predicted octanol–water partition coefficient (Wildman–Crippen LogP) is 1.74. The second kappa shape index (κ2) is 5.06. The third-order valence-electron chi connectivity index (χ3n) is 2.73. The van der Waals surface area contributed by atoms with E-state index in [0.717, 1.165) is 0 Å². The fraction of sp³-hybridized carbons (Fsp3) is 0.625. The number of ketones is 1. The molecule has 0 aromatic rings. The molecule has 2 unspecified atom stereocenters. The second-order valence-electron chi connectivity index (χ2n) is 4.01. The molecule has 0 aromatic heterocycles. The molecule has 0 aliphatic carbocycles. The van der Waals surface area contributed by atoms with Crippen LogP contribution in [0.1, 0.15) is 0 Å². The Morgan fingerprint density at radius 1 is 1.29 bits per heavy atom. The number of amides is 2. The molecule has 2 heterocycles. The van der Waals surface area contributed by atoms with Crippen molar-refractivity contribution in [2.24, 2.45) is 0 Å². The summed E-state index contributed by atoms with van der Waals surface area (Å²) >= 11 is 5.61. The molecule has 21 heavy (non-hydrogen) atoms. The van der Waals surface area contributed by atoms with Crippen LogP contribution in [0.2, 0.25) is 0 Å². The molecule has 0 radical (unpaired) electrons. The SMILES string of the molecule is O=C1OCCN1P(=O)(Cl)N1C(=O)OCC1C(=O)C(F)(F)F. The van der Waals surface area contributed by atoms with Crippen molar-refractivity contribution in [3.63, 3.8) is 0 Å². The van der Waals surface area contributed by atoms with E-state index in [1.54, 1.807) is 0 Å². The number of cyclic esters (lactones) is 2. The molecule has 2 amide bonds. The number of carbonyl (C=O) groups is 3. The van der Waals surface area contributed by atoms with Crippen molar-refractivity contribution < 1.29 is 41.6 Å². The van der Waals surface area contributed by atoms with E-state index < -0.39 is 43.6 Å². The highest BCUT2D eigenvalue weighted by Crippen LogP contribution is 2.61. The van der Waals surface area contributed by atoms with Crippen molar-refractivity contribution in [1.82, 2.24) is 9.34 Å². The first-order valence-corrected chi connectivity index (χ1v) is 7.90. The van der Waals surface area contributed by atoms with Crippen LogP contribution in [0.5, 0.6) is 0 Å². The molecule has 13 heteroatoms. The Balaban J connectivity index is 2.34. The van der Waals surface area contributed by atoms with Gasteiger partial charge in [0.05, 0.1) is 6.54 Å². The maximum absolute atomic E-state index is 12.5. The molecule has 118 valence electrons. The Bertz CT molecular complexity index is 555. The van der Waals surface area contributed by atoms with E-state index in [4.69, 9.17) is 11.2 Å². The molecule has 2 fully saturated rings. The van der Waals surface area contributed by atoms with Gasteiger partial charge in [0.15, 0.2) is 0 Å². The van der Waals surface area contributed by atoms with Crippen LogP contribution in [0.15, 0.2) is 0 Å². The van der Waals surface area contributed by atoms with Crippen molar-refractivity contribution in [1.29, 1.82) is 0 Å². The van der Waals surface area contributed by atoms with E-state index in [1.807, 2.05) is 0 Å². The summed E-state index contributed by atoms with van der Waals surface area (Å²) < 4.78 is 58.9. The molecule has 2 atom stereocenters. The van der Waals surface area contributed by atoms with Gasteiger partial charge in [-0.3, -0.25) is 9.36 Å². The molecule has 2 aliphatic rings. The Morgan fingerprint density at radius 3 is 2.38 bits per heavy atom. The van der Waals surface area contributed by atoms with Gasteiger partial charge in [-0.05, 0) is 11.2 Å². The summed E-state index contributed by atoms with van der Waals surface area (Å²) in [5, 5.41) is 0. The number of carbonyl (C=O) groups excluding carboxylic acids is 3. The third kappa shape index (κ3) is 2.67. The van der Waals surface area contributed by atoms with Crippen LogP contribution in [0.4, 0.5) is 22.8 Å². The van der Waals surface area contributed by atoms with Gasteiger partial charge < -0.3 is 9.47 Å². The molecule has 2 saturated heterocycles. The van der Waals surface area contributed by atoms with Crippen molar-refractivity contribution in [3.05, 3.63) is 0 Å². The molecule has 8 nitrogen and oxygen atoms in total. The lowest BCUT2D eigenvalue weighted by Crippen LogP contribution is -2.45. The highest BCUT2D eigenvalue weighted by atomic mass is 35.7. The quantitative estimate of drug-likeness (QED) is 0.720. The highest BCUT2D eigenvalue weighted by molar-refractivity contribution is 7.86. The molecule has 2 rings (SSSR count). The zero-order valence-electron chi connectivity index (χ0n) is 10.0. The van der Waals surface area contributed by atoms with Gasteiger partial charge in [-0.25, -0.2) is 18.9 Å². The van der Waals surface area contributed by atoms with E-state index in [-0.39, 0.29) is 17.8 Å². The van der Waals surface area contributed by atoms with E-state index in [0.29, 0.717) is 4.67 Å². The van der Waals surface area contributed by atoms with E-state index in [9.17, 15) is 32.1 Å². The Kier molecular flexibility index (Phi) is 3.83. The molecule has 0 N–H and O–H groups in total. The molecule has 0 saturated carbocycles. The first kappa shape index (κ1) is 15.9. The Labute approximate surface area is 120 Å². The van der Waals surface area contributed by atoms with E-state index in [2.05, 4.69) is 9.47 Å². The van der Waals surface area contributed by atoms with Crippen LogP contribution in [-0.2, 0) is 18.8 Å². The van der Waals surface area contributed by atoms with Crippen molar-refractivity contribution >= 4 is 36.0 Å². The zero-order chi connectivity index (χ0) is 16.0. The van der Waals surface area contributed by atoms with Crippen LogP contribution in [0.25, 0.3) is 0 Å². The van der Waals surface area contributed by atoms with Gasteiger partial charge in [-0.15, -0.1) is 0 Å². The number of hydrogen-bond acceptors (Lipinski definition) is 6. The maximum Gasteiger partial charge on any atom is 0.452 e. The lowest BCUT2D eigenvalue weighted by molar-refractivity contribution is -0.174. The van der Waals surface area contributed by atoms with Gasteiger partial charge in [0.25, 0.3) is 5.78 Å². The van der Waals surface area contributed by atoms with Crippen LogP contribution in [0, 0.1) is 0 Å². The number of alkyl halides is 3. The number of ether oxygens (including phenoxy) is 2. The molecule has 0 bridgehead atoms. The summed E-state index contributed by atoms with van der Waals surface area (Å²) in [6.45, 7) is -6.07. The second-order valence-corrected chi connectivity index (χ2v) is 7.19. The first-order valence-electron chi connectivity index (χ1n) is 5.39. The average molecular weight is 351 g/mol. The van der Waals surface area contributed by atoms with Gasteiger partial charge in [0.2, 0.25) is 0 Å². The summed E-state index contributed by atoms with van der Waals surface area (Å²) in [6.07, 6.45) is -7.92. The Morgan fingerprint density at radius 2 is 1.90 bits per heavy atom. The molecule has 0 aromatic carbocycles. The topological polar surface area (TPSA) is 93.2 Å². The fourth-order valence-electron chi connectivity index (χ4n) is 1.79. The normalized spacial score (nSPS) is 25.6. The van der Waals surface area contributed by atoms with Gasteiger partial charge in [0, 0.05) is 0 Å². The largest absolute Gasteiger partial charge is 0.452 e. The summed E-state index contributed by atoms with van der Waals surface area (Å²) in [6, 6.07) is -2.21. The first-order chi connectivity index (χ1) is 9.56. The predicted molar refractivity (Wildman–Crippen MR) is 59.6 cm³/mol. The van der Waals surface area contributed by atoms with Crippen molar-refractivity contribution in [2.45, 2.75) is 12.2 Å². The number of rotatable bonds is 3. The van der Waals surface area contributed by atoms with Gasteiger partial charge >= 0.3 is 25.2 Å². The smallest absolute Gasteiger partial charge is 0.447 e. The Hall–Kier alpha value is -1.48. The summed E-state index contributed by atoms with van der Waals surface area (Å²) in [7, 11) is 0. The lowest BCUT2D eigenvalue weighted by Gasteiger charge is -2.29. The minimum atomic E-state index is -5.28.